The molecule has 0 saturated carbocycles. The first-order valence-corrected chi connectivity index (χ1v) is 10.9. The largest absolute Gasteiger partial charge is 0.587 e. The molecular formula is C23H27O4P. The molecule has 0 aliphatic carbocycles. The smallest absolute Gasteiger partial charge is 0.395 e. The summed E-state index contributed by atoms with van der Waals surface area (Å²) in [5.41, 5.74) is 0. The van der Waals surface area contributed by atoms with Crippen LogP contribution in [-0.2, 0) is 9.09 Å². The summed E-state index contributed by atoms with van der Waals surface area (Å²) in [4.78, 5) is 0. The quantitative estimate of drug-likeness (QED) is 0.284. The second-order valence-corrected chi connectivity index (χ2v) is 7.47. The van der Waals surface area contributed by atoms with Gasteiger partial charge in [-0.1, -0.05) is 92.6 Å². The molecule has 0 unspecified atom stereocenters. The lowest BCUT2D eigenvalue weighted by Gasteiger charge is -2.19. The van der Waals surface area contributed by atoms with Gasteiger partial charge in [-0.3, -0.25) is 4.52 Å². The van der Waals surface area contributed by atoms with Crippen LogP contribution in [-0.4, -0.2) is 6.61 Å². The van der Waals surface area contributed by atoms with Crippen molar-refractivity contribution >= 4 is 7.82 Å². The van der Waals surface area contributed by atoms with Gasteiger partial charge in [-0.2, -0.15) is 0 Å². The van der Waals surface area contributed by atoms with Gasteiger partial charge in [0.05, 0.1) is 6.61 Å². The monoisotopic (exact) mass is 398 g/mol. The lowest BCUT2D eigenvalue weighted by atomic mass is 10.3. The van der Waals surface area contributed by atoms with Gasteiger partial charge in [0.1, 0.15) is 11.5 Å². The fourth-order valence-electron chi connectivity index (χ4n) is 2.21. The lowest BCUT2D eigenvalue weighted by molar-refractivity contribution is 0.205. The molecule has 148 valence electrons. The van der Waals surface area contributed by atoms with E-state index in [0.717, 1.165) is 19.3 Å². The summed E-state index contributed by atoms with van der Waals surface area (Å²) in [6.07, 6.45) is 2.89. The molecule has 0 aromatic heterocycles. The zero-order valence-corrected chi connectivity index (χ0v) is 17.0. The van der Waals surface area contributed by atoms with Crippen LogP contribution in [0.1, 0.15) is 26.2 Å². The number of unbranched alkanes of at least 4 members (excludes halogenated alkanes) is 2. The maximum atomic E-state index is 12.8. The third kappa shape index (κ3) is 8.90. The topological polar surface area (TPSA) is 44.8 Å². The summed E-state index contributed by atoms with van der Waals surface area (Å²) in [6.45, 7) is 2.44. The molecular weight excluding hydrogens is 371 g/mol. The van der Waals surface area contributed by atoms with Crippen LogP contribution in [0, 0.1) is 0 Å². The number of phosphoric ester groups is 1. The van der Waals surface area contributed by atoms with Crippen LogP contribution in [0.2, 0.25) is 0 Å². The Morgan fingerprint density at radius 2 is 1.04 bits per heavy atom. The van der Waals surface area contributed by atoms with E-state index < -0.39 is 7.82 Å². The maximum Gasteiger partial charge on any atom is 0.587 e. The summed E-state index contributed by atoms with van der Waals surface area (Å²) in [5.74, 6) is 0.912. The normalized spacial score (nSPS) is 10.5. The summed E-state index contributed by atoms with van der Waals surface area (Å²) >= 11 is 0. The molecule has 4 nitrogen and oxygen atoms in total. The number of para-hydroxylation sites is 2. The van der Waals surface area contributed by atoms with Crippen molar-refractivity contribution in [3.05, 3.63) is 97.1 Å². The Morgan fingerprint density at radius 1 is 0.643 bits per heavy atom. The molecule has 0 radical (unpaired) electrons. The Hall–Kier alpha value is -2.55. The Labute approximate surface area is 167 Å². The van der Waals surface area contributed by atoms with Crippen LogP contribution in [0.4, 0.5) is 0 Å². The minimum Gasteiger partial charge on any atom is -0.395 e. The van der Waals surface area contributed by atoms with Crippen LogP contribution >= 0.6 is 7.82 Å². The molecule has 0 aliphatic rings. The minimum atomic E-state index is -3.70. The molecule has 3 rings (SSSR count). The predicted octanol–water partition coefficient (Wildman–Crippen LogP) is 7.15. The minimum absolute atomic E-state index is 0.338. The standard InChI is InChI=1S/C17H21O4P.C6H6/c1-2-3-10-15-19-22(18,20-16-11-6-4-7-12-16)21-17-13-8-5-9-14-17;1-2-4-6-5-3-1/h4-9,11-14H,2-3,10,15H2,1H3;1-6H. The van der Waals surface area contributed by atoms with E-state index in [1.54, 1.807) is 48.5 Å². The van der Waals surface area contributed by atoms with Crippen LogP contribution in [0.5, 0.6) is 11.5 Å². The van der Waals surface area contributed by atoms with Gasteiger partial charge in [0.15, 0.2) is 0 Å². The van der Waals surface area contributed by atoms with Gasteiger partial charge in [-0.25, -0.2) is 4.57 Å². The highest BCUT2D eigenvalue weighted by Gasteiger charge is 2.30. The van der Waals surface area contributed by atoms with Crippen molar-refractivity contribution in [2.75, 3.05) is 6.61 Å². The van der Waals surface area contributed by atoms with E-state index in [-0.39, 0.29) is 0 Å². The summed E-state index contributed by atoms with van der Waals surface area (Å²) in [5, 5.41) is 0. The highest BCUT2D eigenvalue weighted by Crippen LogP contribution is 2.49. The van der Waals surface area contributed by atoms with Crippen molar-refractivity contribution in [3.8, 4) is 11.5 Å². The molecule has 0 amide bonds. The summed E-state index contributed by atoms with van der Waals surface area (Å²) in [7, 11) is -3.70. The van der Waals surface area contributed by atoms with Gasteiger partial charge >= 0.3 is 7.82 Å². The van der Waals surface area contributed by atoms with Gasteiger partial charge in [0, 0.05) is 0 Å². The number of hydrogen-bond donors (Lipinski definition) is 0. The number of phosphoric acid groups is 1. The Morgan fingerprint density at radius 3 is 1.43 bits per heavy atom. The molecule has 0 fully saturated rings. The maximum absolute atomic E-state index is 12.8. The Balaban J connectivity index is 0.000000397. The SMILES string of the molecule is CCCCCOP(=O)(Oc1ccccc1)Oc1ccccc1.c1ccccc1. The third-order valence-electron chi connectivity index (χ3n) is 3.58. The van der Waals surface area contributed by atoms with Crippen LogP contribution in [0.15, 0.2) is 97.1 Å². The highest BCUT2D eigenvalue weighted by molar-refractivity contribution is 7.49. The fraction of sp³-hybridized carbons (Fsp3) is 0.217. The van der Waals surface area contributed by atoms with E-state index >= 15 is 0 Å². The van der Waals surface area contributed by atoms with Gasteiger partial charge < -0.3 is 9.05 Å². The van der Waals surface area contributed by atoms with Crippen molar-refractivity contribution in [3.63, 3.8) is 0 Å². The van der Waals surface area contributed by atoms with Gasteiger partial charge in [0.2, 0.25) is 0 Å². The van der Waals surface area contributed by atoms with Crippen LogP contribution < -0.4 is 9.05 Å². The van der Waals surface area contributed by atoms with Crippen molar-refractivity contribution in [2.24, 2.45) is 0 Å². The van der Waals surface area contributed by atoms with Gasteiger partial charge in [0.25, 0.3) is 0 Å². The van der Waals surface area contributed by atoms with E-state index in [0.29, 0.717) is 18.1 Å². The lowest BCUT2D eigenvalue weighted by Crippen LogP contribution is -2.06. The summed E-state index contributed by atoms with van der Waals surface area (Å²) in [6, 6.07) is 29.8. The number of rotatable bonds is 9. The summed E-state index contributed by atoms with van der Waals surface area (Å²) < 4.78 is 29.3. The second-order valence-electron chi connectivity index (χ2n) is 5.95. The second kappa shape index (κ2) is 12.8. The average molecular weight is 398 g/mol. The molecule has 5 heteroatoms. The number of hydrogen-bond acceptors (Lipinski definition) is 4. The van der Waals surface area contributed by atoms with Crippen LogP contribution in [0.3, 0.4) is 0 Å². The first kappa shape index (κ1) is 21.7. The zero-order chi connectivity index (χ0) is 19.9. The first-order chi connectivity index (χ1) is 13.7. The number of benzene rings is 3. The van der Waals surface area contributed by atoms with Crippen molar-refractivity contribution in [1.82, 2.24) is 0 Å². The molecule has 0 saturated heterocycles. The van der Waals surface area contributed by atoms with E-state index in [9.17, 15) is 4.57 Å². The van der Waals surface area contributed by atoms with E-state index in [4.69, 9.17) is 13.6 Å². The molecule has 0 spiro atoms. The molecule has 28 heavy (non-hydrogen) atoms. The molecule has 0 bridgehead atoms. The molecule has 3 aromatic carbocycles. The first-order valence-electron chi connectivity index (χ1n) is 9.46. The molecule has 3 aromatic rings. The molecule has 0 heterocycles. The predicted molar refractivity (Wildman–Crippen MR) is 114 cm³/mol. The molecule has 0 aliphatic heterocycles. The fourth-order valence-corrected chi connectivity index (χ4v) is 3.46. The highest BCUT2D eigenvalue weighted by atomic mass is 31.2. The van der Waals surface area contributed by atoms with Crippen molar-refractivity contribution in [2.45, 2.75) is 26.2 Å². The third-order valence-corrected chi connectivity index (χ3v) is 4.95. The van der Waals surface area contributed by atoms with E-state index in [1.165, 1.54) is 0 Å². The Kier molecular flexibility index (Phi) is 9.92. The molecule has 0 atom stereocenters. The van der Waals surface area contributed by atoms with Crippen molar-refractivity contribution < 1.29 is 18.1 Å². The van der Waals surface area contributed by atoms with E-state index in [1.807, 2.05) is 48.5 Å². The average Bonchev–Trinajstić information content (AvgIpc) is 2.74. The van der Waals surface area contributed by atoms with Crippen LogP contribution in [0.25, 0.3) is 0 Å². The molecule has 0 N–H and O–H groups in total. The van der Waals surface area contributed by atoms with E-state index in [2.05, 4.69) is 6.92 Å². The van der Waals surface area contributed by atoms with Gasteiger partial charge in [-0.15, -0.1) is 0 Å². The van der Waals surface area contributed by atoms with Crippen molar-refractivity contribution in [1.29, 1.82) is 0 Å². The Bertz CT molecular complexity index is 722. The van der Waals surface area contributed by atoms with Gasteiger partial charge in [-0.05, 0) is 30.7 Å². The zero-order valence-electron chi connectivity index (χ0n) is 16.1.